The van der Waals surface area contributed by atoms with E-state index in [1.54, 1.807) is 12.0 Å². The van der Waals surface area contributed by atoms with Crippen LogP contribution in [0.4, 0.5) is 5.69 Å². The summed E-state index contributed by atoms with van der Waals surface area (Å²) in [7, 11) is 1.61. The smallest absolute Gasteiger partial charge is 0.228 e. The Morgan fingerprint density at radius 2 is 2.06 bits per heavy atom. The normalized spacial score (nSPS) is 19.1. The molecule has 0 aliphatic carbocycles. The number of methoxy groups -OCH3 is 1. The molecule has 1 aromatic carbocycles. The molecule has 1 aliphatic heterocycles. The molecular formula is C13H15NO3S. The molecule has 5 heteroatoms. The van der Waals surface area contributed by atoms with Crippen molar-refractivity contribution in [2.75, 3.05) is 18.6 Å². The number of hydrogen-bond donors (Lipinski definition) is 0. The lowest BCUT2D eigenvalue weighted by Gasteiger charge is -2.16. The molecule has 0 bridgehead atoms. The van der Waals surface area contributed by atoms with E-state index in [0.29, 0.717) is 13.0 Å². The average molecular weight is 265 g/mol. The van der Waals surface area contributed by atoms with Gasteiger partial charge < -0.3 is 9.64 Å². The van der Waals surface area contributed by atoms with Gasteiger partial charge in [0.05, 0.1) is 7.11 Å². The molecule has 0 radical (unpaired) electrons. The van der Waals surface area contributed by atoms with Crippen LogP contribution in [0.1, 0.15) is 13.3 Å². The number of benzene rings is 1. The molecule has 0 aromatic heterocycles. The van der Waals surface area contributed by atoms with Gasteiger partial charge in [-0.15, -0.1) is 0 Å². The van der Waals surface area contributed by atoms with E-state index in [9.17, 15) is 9.59 Å². The lowest BCUT2D eigenvalue weighted by Crippen LogP contribution is -2.24. The summed E-state index contributed by atoms with van der Waals surface area (Å²) in [5, 5.41) is 0.126. The Morgan fingerprint density at radius 3 is 2.61 bits per heavy atom. The third-order valence-electron chi connectivity index (χ3n) is 2.81. The summed E-state index contributed by atoms with van der Waals surface area (Å²) in [6.07, 6.45) is 0.427. The molecule has 0 spiro atoms. The highest BCUT2D eigenvalue weighted by Crippen LogP contribution is 2.29. The molecule has 1 heterocycles. The second-order valence-electron chi connectivity index (χ2n) is 4.14. The molecule has 96 valence electrons. The zero-order valence-electron chi connectivity index (χ0n) is 10.4. The number of carbonyl (C=O) groups excluding carboxylic acids is 2. The van der Waals surface area contributed by atoms with Crippen molar-refractivity contribution in [1.82, 2.24) is 0 Å². The van der Waals surface area contributed by atoms with Gasteiger partial charge in [0.1, 0.15) is 5.75 Å². The van der Waals surface area contributed by atoms with Gasteiger partial charge in [-0.25, -0.2) is 0 Å². The Balaban J connectivity index is 2.08. The van der Waals surface area contributed by atoms with E-state index in [2.05, 4.69) is 0 Å². The number of carbonyl (C=O) groups is 2. The van der Waals surface area contributed by atoms with Gasteiger partial charge in [-0.2, -0.15) is 0 Å². The van der Waals surface area contributed by atoms with Gasteiger partial charge in [0, 0.05) is 30.8 Å². The van der Waals surface area contributed by atoms with Gasteiger partial charge in [0.25, 0.3) is 0 Å². The predicted octanol–water partition coefficient (Wildman–Crippen LogP) is 2.08. The van der Waals surface area contributed by atoms with E-state index in [1.807, 2.05) is 24.3 Å². The Kier molecular flexibility index (Phi) is 3.91. The summed E-state index contributed by atoms with van der Waals surface area (Å²) in [5.41, 5.74) is 0.854. The van der Waals surface area contributed by atoms with Crippen LogP contribution in [0.5, 0.6) is 5.75 Å². The minimum atomic E-state index is 0.0596. The number of thioether (sulfide) groups is 1. The number of rotatable bonds is 3. The zero-order chi connectivity index (χ0) is 13.1. The molecule has 1 unspecified atom stereocenters. The fourth-order valence-corrected chi connectivity index (χ4v) is 2.92. The monoisotopic (exact) mass is 265 g/mol. The minimum absolute atomic E-state index is 0.0596. The van der Waals surface area contributed by atoms with E-state index < -0.39 is 0 Å². The summed E-state index contributed by atoms with van der Waals surface area (Å²) in [6, 6.07) is 7.37. The number of anilines is 1. The second kappa shape index (κ2) is 5.44. The predicted molar refractivity (Wildman–Crippen MR) is 72.0 cm³/mol. The maximum Gasteiger partial charge on any atom is 0.228 e. The summed E-state index contributed by atoms with van der Waals surface area (Å²) in [6.45, 7) is 2.13. The summed E-state index contributed by atoms with van der Waals surface area (Å²) in [4.78, 5) is 24.7. The Hall–Kier alpha value is -1.49. The second-order valence-corrected chi connectivity index (χ2v) is 5.62. The quantitative estimate of drug-likeness (QED) is 0.839. The van der Waals surface area contributed by atoms with Gasteiger partial charge in [-0.3, -0.25) is 9.59 Å². The van der Waals surface area contributed by atoms with E-state index in [1.165, 1.54) is 18.7 Å². The number of nitrogens with zero attached hydrogens (tertiary/aromatic N) is 1. The maximum atomic E-state index is 11.9. The van der Waals surface area contributed by atoms with Crippen molar-refractivity contribution in [2.45, 2.75) is 18.6 Å². The molecule has 18 heavy (non-hydrogen) atoms. The fraction of sp³-hybridized carbons (Fsp3) is 0.385. The molecule has 1 fully saturated rings. The van der Waals surface area contributed by atoms with Crippen molar-refractivity contribution in [3.8, 4) is 5.75 Å². The van der Waals surface area contributed by atoms with E-state index in [-0.39, 0.29) is 16.3 Å². The van der Waals surface area contributed by atoms with Crippen LogP contribution in [0.2, 0.25) is 0 Å². The van der Waals surface area contributed by atoms with Crippen molar-refractivity contribution >= 4 is 28.5 Å². The summed E-state index contributed by atoms with van der Waals surface area (Å²) < 4.78 is 5.08. The average Bonchev–Trinajstić information content (AvgIpc) is 2.69. The van der Waals surface area contributed by atoms with Gasteiger partial charge >= 0.3 is 0 Å². The summed E-state index contributed by atoms with van der Waals surface area (Å²) in [5.74, 6) is 0.832. The summed E-state index contributed by atoms with van der Waals surface area (Å²) >= 11 is 1.25. The lowest BCUT2D eigenvalue weighted by atomic mass is 10.3. The Morgan fingerprint density at radius 1 is 1.39 bits per heavy atom. The molecule has 1 amide bonds. The highest BCUT2D eigenvalue weighted by atomic mass is 32.2. The maximum absolute atomic E-state index is 11.9. The highest BCUT2D eigenvalue weighted by Gasteiger charge is 2.31. The first-order valence-corrected chi connectivity index (χ1v) is 6.59. The van der Waals surface area contributed by atoms with Crippen LogP contribution in [-0.4, -0.2) is 29.9 Å². The standard InChI is InChI=1S/C13H15NO3S/c1-9(15)18-12-7-13(16)14(8-12)10-3-5-11(17-2)6-4-10/h3-6,12H,7-8H2,1-2H3. The van der Waals surface area contributed by atoms with Crippen molar-refractivity contribution in [2.24, 2.45) is 0 Å². The number of ether oxygens (including phenoxy) is 1. The molecule has 1 aromatic rings. The van der Waals surface area contributed by atoms with Crippen LogP contribution in [0.15, 0.2) is 24.3 Å². The molecule has 1 saturated heterocycles. The molecule has 0 saturated carbocycles. The lowest BCUT2D eigenvalue weighted by molar-refractivity contribution is -0.117. The number of hydrogen-bond acceptors (Lipinski definition) is 4. The molecule has 1 atom stereocenters. The fourth-order valence-electron chi connectivity index (χ4n) is 2.00. The van der Waals surface area contributed by atoms with Crippen LogP contribution >= 0.6 is 11.8 Å². The van der Waals surface area contributed by atoms with E-state index in [4.69, 9.17) is 4.74 Å². The topological polar surface area (TPSA) is 46.6 Å². The van der Waals surface area contributed by atoms with Crippen molar-refractivity contribution in [3.63, 3.8) is 0 Å². The van der Waals surface area contributed by atoms with Gasteiger partial charge in [-0.05, 0) is 24.3 Å². The van der Waals surface area contributed by atoms with Crippen LogP contribution in [0.3, 0.4) is 0 Å². The highest BCUT2D eigenvalue weighted by molar-refractivity contribution is 8.14. The van der Waals surface area contributed by atoms with Gasteiger partial charge in [0.15, 0.2) is 5.12 Å². The van der Waals surface area contributed by atoms with Gasteiger partial charge in [0.2, 0.25) is 5.91 Å². The molecule has 4 nitrogen and oxygen atoms in total. The van der Waals surface area contributed by atoms with E-state index >= 15 is 0 Å². The third-order valence-corrected chi connectivity index (χ3v) is 3.79. The first kappa shape index (κ1) is 13.0. The van der Waals surface area contributed by atoms with Crippen molar-refractivity contribution in [3.05, 3.63) is 24.3 Å². The third kappa shape index (κ3) is 2.85. The Bertz CT molecular complexity index is 458. The van der Waals surface area contributed by atoms with Crippen LogP contribution in [0, 0.1) is 0 Å². The Labute approximate surface area is 110 Å². The molecule has 1 aliphatic rings. The molecular weight excluding hydrogens is 250 g/mol. The minimum Gasteiger partial charge on any atom is -0.497 e. The van der Waals surface area contributed by atoms with Crippen molar-refractivity contribution < 1.29 is 14.3 Å². The first-order chi connectivity index (χ1) is 8.60. The van der Waals surface area contributed by atoms with Crippen LogP contribution in [0.25, 0.3) is 0 Å². The van der Waals surface area contributed by atoms with Crippen molar-refractivity contribution in [1.29, 1.82) is 0 Å². The largest absolute Gasteiger partial charge is 0.497 e. The molecule has 2 rings (SSSR count). The molecule has 0 N–H and O–H groups in total. The van der Waals surface area contributed by atoms with Gasteiger partial charge in [-0.1, -0.05) is 11.8 Å². The zero-order valence-corrected chi connectivity index (χ0v) is 11.2. The van der Waals surface area contributed by atoms with E-state index in [0.717, 1.165) is 11.4 Å². The number of amides is 1. The SMILES string of the molecule is COc1ccc(N2CC(SC(C)=O)CC2=O)cc1. The van der Waals surface area contributed by atoms with Crippen LogP contribution in [-0.2, 0) is 9.59 Å². The first-order valence-electron chi connectivity index (χ1n) is 5.72. The van der Waals surface area contributed by atoms with Crippen LogP contribution < -0.4 is 9.64 Å².